The van der Waals surface area contributed by atoms with E-state index in [4.69, 9.17) is 9.47 Å². The molecule has 2 unspecified atom stereocenters. The lowest BCUT2D eigenvalue weighted by molar-refractivity contribution is 0.0411. The summed E-state index contributed by atoms with van der Waals surface area (Å²) in [7, 11) is 2.07. The standard InChI is InChI=1S/C14H29NO2/c1-3-4-9-16-11-12-17-10-8-13-6-5-7-14(13)15-2/h13-15H,3-12H2,1-2H3. The molecule has 0 aliphatic heterocycles. The molecule has 1 aliphatic carbocycles. The predicted molar refractivity (Wildman–Crippen MR) is 71.4 cm³/mol. The second-order valence-electron chi connectivity index (χ2n) is 4.95. The minimum absolute atomic E-state index is 0.722. The van der Waals surface area contributed by atoms with Crippen LogP contribution >= 0.6 is 0 Å². The van der Waals surface area contributed by atoms with Crippen molar-refractivity contribution in [3.05, 3.63) is 0 Å². The molecule has 102 valence electrons. The summed E-state index contributed by atoms with van der Waals surface area (Å²) in [5.41, 5.74) is 0. The highest BCUT2D eigenvalue weighted by atomic mass is 16.5. The zero-order chi connectivity index (χ0) is 12.3. The van der Waals surface area contributed by atoms with E-state index < -0.39 is 0 Å². The van der Waals surface area contributed by atoms with Gasteiger partial charge in [0.15, 0.2) is 0 Å². The van der Waals surface area contributed by atoms with Crippen molar-refractivity contribution in [1.82, 2.24) is 5.32 Å². The molecule has 0 aromatic carbocycles. The van der Waals surface area contributed by atoms with Crippen LogP contribution in [0.15, 0.2) is 0 Å². The van der Waals surface area contributed by atoms with E-state index in [1.807, 2.05) is 0 Å². The zero-order valence-electron chi connectivity index (χ0n) is 11.5. The molecular weight excluding hydrogens is 214 g/mol. The SMILES string of the molecule is CCCCOCCOCCC1CCCC1NC. The first-order chi connectivity index (χ1) is 8.38. The van der Waals surface area contributed by atoms with Crippen LogP contribution in [0.3, 0.4) is 0 Å². The van der Waals surface area contributed by atoms with Crippen molar-refractivity contribution >= 4 is 0 Å². The summed E-state index contributed by atoms with van der Waals surface area (Å²) in [6.45, 7) is 5.45. The smallest absolute Gasteiger partial charge is 0.0700 e. The van der Waals surface area contributed by atoms with Crippen molar-refractivity contribution in [2.24, 2.45) is 5.92 Å². The van der Waals surface area contributed by atoms with Crippen molar-refractivity contribution in [3.63, 3.8) is 0 Å². The first-order valence-corrected chi connectivity index (χ1v) is 7.21. The second kappa shape index (κ2) is 9.86. The molecule has 0 aromatic rings. The van der Waals surface area contributed by atoms with Crippen LogP contribution in [0.25, 0.3) is 0 Å². The zero-order valence-corrected chi connectivity index (χ0v) is 11.5. The lowest BCUT2D eigenvalue weighted by Crippen LogP contribution is -2.29. The molecular formula is C14H29NO2. The fourth-order valence-electron chi connectivity index (χ4n) is 2.57. The van der Waals surface area contributed by atoms with E-state index in [0.29, 0.717) is 0 Å². The summed E-state index contributed by atoms with van der Waals surface area (Å²) in [6.07, 6.45) is 7.62. The van der Waals surface area contributed by atoms with Gasteiger partial charge in [-0.05, 0) is 38.6 Å². The van der Waals surface area contributed by atoms with Gasteiger partial charge >= 0.3 is 0 Å². The van der Waals surface area contributed by atoms with Crippen molar-refractivity contribution < 1.29 is 9.47 Å². The molecule has 1 fully saturated rings. The molecule has 1 rings (SSSR count). The van der Waals surface area contributed by atoms with Gasteiger partial charge in [-0.15, -0.1) is 0 Å². The number of rotatable bonds is 10. The molecule has 3 heteroatoms. The highest BCUT2D eigenvalue weighted by molar-refractivity contribution is 4.81. The minimum Gasteiger partial charge on any atom is -0.379 e. The Morgan fingerprint density at radius 1 is 1.06 bits per heavy atom. The highest BCUT2D eigenvalue weighted by Gasteiger charge is 2.24. The molecule has 0 saturated heterocycles. The average Bonchev–Trinajstić information content (AvgIpc) is 2.80. The lowest BCUT2D eigenvalue weighted by atomic mass is 10.0. The van der Waals surface area contributed by atoms with E-state index in [1.54, 1.807) is 0 Å². The van der Waals surface area contributed by atoms with Crippen molar-refractivity contribution in [2.45, 2.75) is 51.5 Å². The Balaban J connectivity index is 1.87. The van der Waals surface area contributed by atoms with Gasteiger partial charge in [0, 0.05) is 19.3 Å². The van der Waals surface area contributed by atoms with Crippen LogP contribution in [-0.4, -0.2) is 39.5 Å². The molecule has 0 amide bonds. The largest absolute Gasteiger partial charge is 0.379 e. The fraction of sp³-hybridized carbons (Fsp3) is 1.00. The van der Waals surface area contributed by atoms with Crippen LogP contribution < -0.4 is 5.32 Å². The Labute approximate surface area is 106 Å². The lowest BCUT2D eigenvalue weighted by Gasteiger charge is -2.18. The quantitative estimate of drug-likeness (QED) is 0.598. The average molecular weight is 243 g/mol. The molecule has 1 saturated carbocycles. The van der Waals surface area contributed by atoms with Gasteiger partial charge in [0.2, 0.25) is 0 Å². The summed E-state index contributed by atoms with van der Waals surface area (Å²) >= 11 is 0. The van der Waals surface area contributed by atoms with Crippen molar-refractivity contribution in [3.8, 4) is 0 Å². The third-order valence-corrected chi connectivity index (χ3v) is 3.68. The maximum Gasteiger partial charge on any atom is 0.0700 e. The summed E-state index contributed by atoms with van der Waals surface area (Å²) < 4.78 is 11.1. The van der Waals surface area contributed by atoms with Gasteiger partial charge < -0.3 is 14.8 Å². The van der Waals surface area contributed by atoms with Crippen LogP contribution in [0.2, 0.25) is 0 Å². The number of hydrogen-bond acceptors (Lipinski definition) is 3. The van der Waals surface area contributed by atoms with Gasteiger partial charge in [-0.25, -0.2) is 0 Å². The van der Waals surface area contributed by atoms with E-state index in [-0.39, 0.29) is 0 Å². The Hall–Kier alpha value is -0.120. The molecule has 0 radical (unpaired) electrons. The minimum atomic E-state index is 0.722. The van der Waals surface area contributed by atoms with Crippen molar-refractivity contribution in [1.29, 1.82) is 0 Å². The van der Waals surface area contributed by atoms with Gasteiger partial charge in [-0.2, -0.15) is 0 Å². The normalized spacial score (nSPS) is 24.4. The van der Waals surface area contributed by atoms with Crippen LogP contribution in [0.1, 0.15) is 45.4 Å². The third-order valence-electron chi connectivity index (χ3n) is 3.68. The Morgan fingerprint density at radius 3 is 2.53 bits per heavy atom. The van der Waals surface area contributed by atoms with E-state index in [2.05, 4.69) is 19.3 Å². The fourth-order valence-corrected chi connectivity index (χ4v) is 2.57. The highest BCUT2D eigenvalue weighted by Crippen LogP contribution is 2.27. The van der Waals surface area contributed by atoms with Crippen LogP contribution in [0, 0.1) is 5.92 Å². The number of ether oxygens (including phenoxy) is 2. The Morgan fingerprint density at radius 2 is 1.82 bits per heavy atom. The Bertz CT molecular complexity index is 176. The topological polar surface area (TPSA) is 30.5 Å². The first-order valence-electron chi connectivity index (χ1n) is 7.21. The molecule has 0 aromatic heterocycles. The maximum atomic E-state index is 5.62. The van der Waals surface area contributed by atoms with E-state index in [1.165, 1.54) is 32.1 Å². The van der Waals surface area contributed by atoms with Gasteiger partial charge in [-0.1, -0.05) is 19.8 Å². The van der Waals surface area contributed by atoms with E-state index in [9.17, 15) is 0 Å². The molecule has 0 bridgehead atoms. The summed E-state index contributed by atoms with van der Waals surface area (Å²) in [5.74, 6) is 0.820. The van der Waals surface area contributed by atoms with Gasteiger partial charge in [0.05, 0.1) is 13.2 Å². The monoisotopic (exact) mass is 243 g/mol. The summed E-state index contributed by atoms with van der Waals surface area (Å²) in [5, 5.41) is 3.41. The van der Waals surface area contributed by atoms with Crippen LogP contribution in [0.5, 0.6) is 0 Å². The maximum absolute atomic E-state index is 5.62. The molecule has 0 heterocycles. The Kier molecular flexibility index (Phi) is 8.67. The van der Waals surface area contributed by atoms with E-state index >= 15 is 0 Å². The number of nitrogens with one attached hydrogen (secondary N) is 1. The van der Waals surface area contributed by atoms with Crippen LogP contribution in [0.4, 0.5) is 0 Å². The van der Waals surface area contributed by atoms with Crippen LogP contribution in [-0.2, 0) is 9.47 Å². The van der Waals surface area contributed by atoms with Crippen molar-refractivity contribution in [2.75, 3.05) is 33.5 Å². The molecule has 1 aliphatic rings. The summed E-state index contributed by atoms with van der Waals surface area (Å²) in [4.78, 5) is 0. The summed E-state index contributed by atoms with van der Waals surface area (Å²) in [6, 6.07) is 0.722. The predicted octanol–water partition coefficient (Wildman–Crippen LogP) is 2.60. The molecule has 3 nitrogen and oxygen atoms in total. The number of hydrogen-bond donors (Lipinski definition) is 1. The number of unbranched alkanes of at least 4 members (excludes halogenated alkanes) is 1. The first kappa shape index (κ1) is 14.9. The second-order valence-corrected chi connectivity index (χ2v) is 4.95. The molecule has 0 spiro atoms. The van der Waals surface area contributed by atoms with E-state index in [0.717, 1.165) is 44.8 Å². The molecule has 17 heavy (non-hydrogen) atoms. The molecule has 2 atom stereocenters. The van der Waals surface area contributed by atoms with Gasteiger partial charge in [0.25, 0.3) is 0 Å². The molecule has 1 N–H and O–H groups in total. The third kappa shape index (κ3) is 6.39. The van der Waals surface area contributed by atoms with Gasteiger partial charge in [0.1, 0.15) is 0 Å². The van der Waals surface area contributed by atoms with Gasteiger partial charge in [-0.3, -0.25) is 0 Å².